The summed E-state index contributed by atoms with van der Waals surface area (Å²) in [4.78, 5) is 48.7. The highest BCUT2D eigenvalue weighted by Gasteiger charge is 2.45. The third-order valence-electron chi connectivity index (χ3n) is 5.04. The number of nitrogens with two attached hydrogens (primary N) is 2. The lowest BCUT2D eigenvalue weighted by molar-refractivity contribution is -0.144. The van der Waals surface area contributed by atoms with E-state index in [1.807, 2.05) is 30.3 Å². The molecule has 1 aromatic carbocycles. The molecular weight excluding hydrogens is 416 g/mol. The second-order valence-corrected chi connectivity index (χ2v) is 7.64. The fourth-order valence-electron chi connectivity index (χ4n) is 3.63. The highest BCUT2D eigenvalue weighted by atomic mass is 16.6. The van der Waals surface area contributed by atoms with Crippen molar-refractivity contribution >= 4 is 23.7 Å². The Hall–Kier alpha value is -3.30. The van der Waals surface area contributed by atoms with Gasteiger partial charge in [-0.05, 0) is 24.5 Å². The lowest BCUT2D eigenvalue weighted by Gasteiger charge is -2.36. The van der Waals surface area contributed by atoms with Gasteiger partial charge in [0.2, 0.25) is 0 Å². The molecule has 4 N–H and O–H groups in total. The maximum absolute atomic E-state index is 13.6. The Bertz CT molecular complexity index is 939. The van der Waals surface area contributed by atoms with E-state index in [9.17, 15) is 19.2 Å². The molecule has 0 heterocycles. The number of benzene rings is 1. The molecule has 1 aliphatic carbocycles. The third-order valence-corrected chi connectivity index (χ3v) is 5.04. The standard InChI is InChI=1S/C23H28N2O7/c1-14(26)31-19-9-10-23(12-18(25)22(29)30-3,13-20(19)32-15(2)27)21(28)17(24)11-16-7-5-4-6-8-16/h4-10,17-18H,11-13,24-25H2,1-3H3/t17-,18-,23?/m0/s1. The number of hydrogen-bond acceptors (Lipinski definition) is 9. The monoisotopic (exact) mass is 444 g/mol. The smallest absolute Gasteiger partial charge is 0.322 e. The Morgan fingerprint density at radius 2 is 1.62 bits per heavy atom. The predicted octanol–water partition coefficient (Wildman–Crippen LogP) is 1.30. The molecule has 0 bridgehead atoms. The molecule has 2 rings (SSSR count). The van der Waals surface area contributed by atoms with E-state index < -0.39 is 41.2 Å². The number of allylic oxidation sites excluding steroid dienone is 3. The molecule has 0 amide bonds. The molecule has 0 saturated carbocycles. The number of ether oxygens (including phenoxy) is 3. The van der Waals surface area contributed by atoms with Crippen LogP contribution in [-0.2, 0) is 39.8 Å². The zero-order valence-corrected chi connectivity index (χ0v) is 18.3. The van der Waals surface area contributed by atoms with E-state index in [-0.39, 0.29) is 30.8 Å². The summed E-state index contributed by atoms with van der Waals surface area (Å²) in [5.41, 5.74) is 11.7. The van der Waals surface area contributed by atoms with Gasteiger partial charge in [-0.25, -0.2) is 0 Å². The van der Waals surface area contributed by atoms with Crippen LogP contribution < -0.4 is 11.5 Å². The molecule has 172 valence electrons. The average Bonchev–Trinajstić information content (AvgIpc) is 2.74. The fourth-order valence-corrected chi connectivity index (χ4v) is 3.63. The van der Waals surface area contributed by atoms with Gasteiger partial charge in [0, 0.05) is 20.3 Å². The van der Waals surface area contributed by atoms with Crippen LogP contribution in [0.25, 0.3) is 0 Å². The third kappa shape index (κ3) is 6.35. The summed E-state index contributed by atoms with van der Waals surface area (Å²) in [7, 11) is 1.19. The van der Waals surface area contributed by atoms with Gasteiger partial charge in [0.15, 0.2) is 17.3 Å². The van der Waals surface area contributed by atoms with Crippen molar-refractivity contribution in [3.05, 3.63) is 59.6 Å². The van der Waals surface area contributed by atoms with Crippen LogP contribution in [0, 0.1) is 5.41 Å². The highest BCUT2D eigenvalue weighted by Crippen LogP contribution is 2.41. The van der Waals surface area contributed by atoms with Crippen LogP contribution in [-0.4, -0.2) is 42.9 Å². The number of hydrogen-bond donors (Lipinski definition) is 2. The van der Waals surface area contributed by atoms with E-state index in [4.69, 9.17) is 25.7 Å². The molecule has 0 aliphatic heterocycles. The van der Waals surface area contributed by atoms with Gasteiger partial charge in [-0.3, -0.25) is 19.2 Å². The highest BCUT2D eigenvalue weighted by molar-refractivity contribution is 5.93. The van der Waals surface area contributed by atoms with Crippen molar-refractivity contribution in [3.63, 3.8) is 0 Å². The lowest BCUT2D eigenvalue weighted by atomic mass is 9.69. The van der Waals surface area contributed by atoms with E-state index in [1.54, 1.807) is 0 Å². The van der Waals surface area contributed by atoms with E-state index in [1.165, 1.54) is 33.1 Å². The molecule has 0 radical (unpaired) electrons. The first-order valence-electron chi connectivity index (χ1n) is 10.0. The van der Waals surface area contributed by atoms with Crippen LogP contribution >= 0.6 is 0 Å². The maximum Gasteiger partial charge on any atom is 0.322 e. The van der Waals surface area contributed by atoms with Crippen LogP contribution in [0.15, 0.2) is 54.0 Å². The van der Waals surface area contributed by atoms with Gasteiger partial charge in [-0.15, -0.1) is 0 Å². The molecular formula is C23H28N2O7. The van der Waals surface area contributed by atoms with E-state index in [0.29, 0.717) is 0 Å². The zero-order chi connectivity index (χ0) is 23.9. The number of carbonyl (C=O) groups is 4. The molecule has 9 nitrogen and oxygen atoms in total. The molecule has 3 atom stereocenters. The summed E-state index contributed by atoms with van der Waals surface area (Å²) >= 11 is 0. The average molecular weight is 444 g/mol. The van der Waals surface area contributed by atoms with Crippen molar-refractivity contribution in [2.24, 2.45) is 16.9 Å². The summed E-state index contributed by atoms with van der Waals surface area (Å²) in [6, 6.07) is 7.15. The lowest BCUT2D eigenvalue weighted by Crippen LogP contribution is -2.49. The van der Waals surface area contributed by atoms with Crippen molar-refractivity contribution in [2.75, 3.05) is 7.11 Å². The first kappa shape index (κ1) is 25.0. The molecule has 0 fully saturated rings. The number of methoxy groups -OCH3 is 1. The second-order valence-electron chi connectivity index (χ2n) is 7.64. The molecule has 1 aromatic rings. The summed E-state index contributed by atoms with van der Waals surface area (Å²) in [5.74, 6) is -2.41. The summed E-state index contributed by atoms with van der Waals surface area (Å²) in [5, 5.41) is 0. The van der Waals surface area contributed by atoms with Crippen LogP contribution in [0.5, 0.6) is 0 Å². The first-order valence-corrected chi connectivity index (χ1v) is 10.0. The molecule has 9 heteroatoms. The van der Waals surface area contributed by atoms with Gasteiger partial charge < -0.3 is 25.7 Å². The molecule has 1 unspecified atom stereocenters. The predicted molar refractivity (Wildman–Crippen MR) is 114 cm³/mol. The van der Waals surface area contributed by atoms with Crippen LogP contribution in [0.4, 0.5) is 0 Å². The number of esters is 3. The van der Waals surface area contributed by atoms with Gasteiger partial charge in [0.25, 0.3) is 0 Å². The zero-order valence-electron chi connectivity index (χ0n) is 18.3. The number of ketones is 1. The number of rotatable bonds is 9. The minimum absolute atomic E-state index is 0.000560. The Kier molecular flexibility index (Phi) is 8.45. The van der Waals surface area contributed by atoms with Crippen LogP contribution in [0.3, 0.4) is 0 Å². The van der Waals surface area contributed by atoms with E-state index >= 15 is 0 Å². The molecule has 0 spiro atoms. The van der Waals surface area contributed by atoms with Crippen molar-refractivity contribution < 1.29 is 33.4 Å². The first-order chi connectivity index (χ1) is 15.1. The van der Waals surface area contributed by atoms with E-state index in [0.717, 1.165) is 5.56 Å². The number of carbonyl (C=O) groups excluding carboxylic acids is 4. The Labute approximate surface area is 186 Å². The van der Waals surface area contributed by atoms with Crippen molar-refractivity contribution in [2.45, 2.75) is 45.2 Å². The minimum Gasteiger partial charge on any atom is -0.468 e. The SMILES string of the molecule is COC(=O)[C@@H](N)CC1(C(=O)[C@@H](N)Cc2ccccc2)C=CC(OC(C)=O)=C(OC(C)=O)C1. The second kappa shape index (κ2) is 10.8. The van der Waals surface area contributed by atoms with Gasteiger partial charge in [-0.1, -0.05) is 36.4 Å². The van der Waals surface area contributed by atoms with Crippen molar-refractivity contribution in [1.29, 1.82) is 0 Å². The van der Waals surface area contributed by atoms with Gasteiger partial charge in [-0.2, -0.15) is 0 Å². The Morgan fingerprint density at radius 3 is 2.19 bits per heavy atom. The Balaban J connectivity index is 2.43. The summed E-state index contributed by atoms with van der Waals surface area (Å²) in [6.45, 7) is 2.38. The van der Waals surface area contributed by atoms with Gasteiger partial charge in [0.1, 0.15) is 6.04 Å². The quantitative estimate of drug-likeness (QED) is 0.424. The molecule has 0 saturated heterocycles. The van der Waals surface area contributed by atoms with Gasteiger partial charge >= 0.3 is 17.9 Å². The topological polar surface area (TPSA) is 148 Å². The number of Topliss-reactive ketones (excluding diaryl/α,β-unsaturated/α-hetero) is 1. The molecule has 32 heavy (non-hydrogen) atoms. The van der Waals surface area contributed by atoms with Gasteiger partial charge in [0.05, 0.1) is 18.6 Å². The molecule has 0 aromatic heterocycles. The fraction of sp³-hybridized carbons (Fsp3) is 0.391. The summed E-state index contributed by atoms with van der Waals surface area (Å²) in [6.07, 6.45) is 2.80. The maximum atomic E-state index is 13.6. The summed E-state index contributed by atoms with van der Waals surface area (Å²) < 4.78 is 15.1. The largest absolute Gasteiger partial charge is 0.468 e. The molecule has 1 aliphatic rings. The minimum atomic E-state index is -1.38. The van der Waals surface area contributed by atoms with Crippen LogP contribution in [0.1, 0.15) is 32.3 Å². The van der Waals surface area contributed by atoms with E-state index in [2.05, 4.69) is 0 Å². The van der Waals surface area contributed by atoms with Crippen molar-refractivity contribution in [3.8, 4) is 0 Å². The van der Waals surface area contributed by atoms with Crippen molar-refractivity contribution in [1.82, 2.24) is 0 Å². The normalized spacial score (nSPS) is 19.7. The Morgan fingerprint density at radius 1 is 1.00 bits per heavy atom. The van der Waals surface area contributed by atoms with Crippen LogP contribution in [0.2, 0.25) is 0 Å².